The van der Waals surface area contributed by atoms with Crippen molar-refractivity contribution in [3.05, 3.63) is 69.5 Å². The van der Waals surface area contributed by atoms with E-state index in [1.807, 2.05) is 13.0 Å². The van der Waals surface area contributed by atoms with Crippen LogP contribution in [-0.2, 0) is 4.79 Å². The highest BCUT2D eigenvalue weighted by molar-refractivity contribution is 6.31. The summed E-state index contributed by atoms with van der Waals surface area (Å²) < 4.78 is 13.4. The fourth-order valence-corrected chi connectivity index (χ4v) is 2.69. The summed E-state index contributed by atoms with van der Waals surface area (Å²) in [5.74, 6) is -0.471. The molecule has 112 valence electrons. The van der Waals surface area contributed by atoms with E-state index in [4.69, 9.17) is 11.6 Å². The number of halogens is 2. The quantitative estimate of drug-likeness (QED) is 0.823. The van der Waals surface area contributed by atoms with Gasteiger partial charge in [0.2, 0.25) is 0 Å². The molecule has 0 saturated heterocycles. The molecule has 0 aliphatic carbocycles. The van der Waals surface area contributed by atoms with Gasteiger partial charge in [0.15, 0.2) is 0 Å². The summed E-state index contributed by atoms with van der Waals surface area (Å²) >= 11 is 6.01. The summed E-state index contributed by atoms with van der Waals surface area (Å²) in [5, 5.41) is 14.1. The highest BCUT2D eigenvalue weighted by atomic mass is 35.5. The lowest BCUT2D eigenvalue weighted by molar-refractivity contribution is -0.109. The van der Waals surface area contributed by atoms with Crippen molar-refractivity contribution in [2.24, 2.45) is 0 Å². The van der Waals surface area contributed by atoms with Crippen LogP contribution in [0.1, 0.15) is 28.3 Å². The normalized spacial score (nSPS) is 17.0. The van der Waals surface area contributed by atoms with Crippen LogP contribution in [0, 0.1) is 12.7 Å². The Morgan fingerprint density at radius 2 is 2.05 bits per heavy atom. The molecule has 5 heteroatoms. The molecular formula is C17H13ClFNO2. The minimum absolute atomic E-state index is 0.0187. The number of carbonyl (C=O) groups is 1. The van der Waals surface area contributed by atoms with E-state index in [9.17, 15) is 14.3 Å². The van der Waals surface area contributed by atoms with Gasteiger partial charge in [0.1, 0.15) is 23.9 Å². The molecule has 3 nitrogen and oxygen atoms in total. The van der Waals surface area contributed by atoms with Gasteiger partial charge in [-0.15, -0.1) is 0 Å². The number of aliphatic hydroxyl groups excluding tert-OH is 1. The van der Waals surface area contributed by atoms with E-state index >= 15 is 0 Å². The standard InChI is InChI=1S/C17H13ClFNO2/c1-9-6-10(2-5-14(9)18)16-17(22)12-4-3-11(19)7-13(12)15(8-21)20-16/h2-8,15,20,22H,1H3. The fraction of sp³-hybridized carbons (Fsp3) is 0.118. The lowest BCUT2D eigenvalue weighted by Crippen LogP contribution is -2.27. The largest absolute Gasteiger partial charge is 0.505 e. The number of benzene rings is 2. The van der Waals surface area contributed by atoms with Crippen LogP contribution in [0.15, 0.2) is 36.4 Å². The molecule has 0 amide bonds. The molecule has 0 fully saturated rings. The van der Waals surface area contributed by atoms with Crippen LogP contribution in [0.5, 0.6) is 0 Å². The topological polar surface area (TPSA) is 49.3 Å². The molecule has 3 rings (SSSR count). The molecule has 1 unspecified atom stereocenters. The summed E-state index contributed by atoms with van der Waals surface area (Å²) in [5.41, 5.74) is 2.85. The molecule has 0 saturated carbocycles. The van der Waals surface area contributed by atoms with Crippen molar-refractivity contribution >= 4 is 29.3 Å². The Labute approximate surface area is 132 Å². The van der Waals surface area contributed by atoms with Gasteiger partial charge in [0.25, 0.3) is 0 Å². The minimum Gasteiger partial charge on any atom is -0.505 e. The van der Waals surface area contributed by atoms with Gasteiger partial charge in [-0.2, -0.15) is 0 Å². The van der Waals surface area contributed by atoms with Gasteiger partial charge < -0.3 is 15.2 Å². The summed E-state index contributed by atoms with van der Waals surface area (Å²) in [6.07, 6.45) is 0.688. The van der Waals surface area contributed by atoms with Crippen molar-refractivity contribution in [2.45, 2.75) is 13.0 Å². The van der Waals surface area contributed by atoms with Crippen LogP contribution in [0.4, 0.5) is 4.39 Å². The van der Waals surface area contributed by atoms with Crippen molar-refractivity contribution in [3.63, 3.8) is 0 Å². The summed E-state index contributed by atoms with van der Waals surface area (Å²) in [6.45, 7) is 1.85. The summed E-state index contributed by atoms with van der Waals surface area (Å²) in [7, 11) is 0. The van der Waals surface area contributed by atoms with Gasteiger partial charge in [0, 0.05) is 16.1 Å². The van der Waals surface area contributed by atoms with Crippen molar-refractivity contribution in [1.29, 1.82) is 0 Å². The number of aryl methyl sites for hydroxylation is 1. The molecule has 22 heavy (non-hydrogen) atoms. The third-order valence-electron chi connectivity index (χ3n) is 3.72. The van der Waals surface area contributed by atoms with Gasteiger partial charge in [-0.3, -0.25) is 0 Å². The van der Waals surface area contributed by atoms with E-state index in [2.05, 4.69) is 5.32 Å². The third-order valence-corrected chi connectivity index (χ3v) is 4.15. The predicted molar refractivity (Wildman–Crippen MR) is 84.0 cm³/mol. The van der Waals surface area contributed by atoms with E-state index < -0.39 is 11.9 Å². The average Bonchev–Trinajstić information content (AvgIpc) is 2.50. The Kier molecular flexibility index (Phi) is 3.62. The highest BCUT2D eigenvalue weighted by Gasteiger charge is 2.27. The summed E-state index contributed by atoms with van der Waals surface area (Å²) in [6, 6.07) is 8.56. The van der Waals surface area contributed by atoms with Gasteiger partial charge in [0.05, 0.1) is 5.70 Å². The number of nitrogens with one attached hydrogen (secondary N) is 1. The predicted octanol–water partition coefficient (Wildman–Crippen LogP) is 4.01. The van der Waals surface area contributed by atoms with Crippen LogP contribution < -0.4 is 5.32 Å². The SMILES string of the molecule is Cc1cc(C2=C(O)c3ccc(F)cc3C(C=O)N2)ccc1Cl. The number of aldehydes is 1. The zero-order valence-corrected chi connectivity index (χ0v) is 12.5. The number of hydrogen-bond acceptors (Lipinski definition) is 3. The van der Waals surface area contributed by atoms with Crippen LogP contribution >= 0.6 is 11.6 Å². The first-order valence-electron chi connectivity index (χ1n) is 6.72. The summed E-state index contributed by atoms with van der Waals surface area (Å²) in [4.78, 5) is 11.3. The van der Waals surface area contributed by atoms with Crippen molar-refractivity contribution in [2.75, 3.05) is 0 Å². The van der Waals surface area contributed by atoms with E-state index in [0.717, 1.165) is 5.56 Å². The van der Waals surface area contributed by atoms with Crippen molar-refractivity contribution in [1.82, 2.24) is 5.32 Å². The van der Waals surface area contributed by atoms with Crippen LogP contribution in [-0.4, -0.2) is 11.4 Å². The van der Waals surface area contributed by atoms with Gasteiger partial charge in [-0.1, -0.05) is 17.7 Å². The molecule has 2 aromatic rings. The first-order valence-corrected chi connectivity index (χ1v) is 7.10. The second kappa shape index (κ2) is 5.46. The van der Waals surface area contributed by atoms with E-state index in [-0.39, 0.29) is 5.76 Å². The molecule has 2 N–H and O–H groups in total. The van der Waals surface area contributed by atoms with Crippen LogP contribution in [0.3, 0.4) is 0 Å². The average molecular weight is 318 g/mol. The van der Waals surface area contributed by atoms with E-state index in [1.54, 1.807) is 12.1 Å². The molecule has 2 aromatic carbocycles. The Balaban J connectivity index is 2.19. The number of aliphatic hydroxyl groups is 1. The smallest absolute Gasteiger partial charge is 0.146 e. The van der Waals surface area contributed by atoms with Crippen molar-refractivity contribution < 1.29 is 14.3 Å². The van der Waals surface area contributed by atoms with E-state index in [1.165, 1.54) is 18.2 Å². The van der Waals surface area contributed by atoms with Gasteiger partial charge in [-0.25, -0.2) is 4.39 Å². The number of carbonyl (C=O) groups excluding carboxylic acids is 1. The molecule has 0 radical (unpaired) electrons. The Morgan fingerprint density at radius 1 is 1.27 bits per heavy atom. The Hall–Kier alpha value is -2.33. The number of rotatable bonds is 2. The van der Waals surface area contributed by atoms with E-state index in [0.29, 0.717) is 33.7 Å². The highest BCUT2D eigenvalue weighted by Crippen LogP contribution is 2.35. The maximum Gasteiger partial charge on any atom is 0.146 e. The Morgan fingerprint density at radius 3 is 2.73 bits per heavy atom. The fourth-order valence-electron chi connectivity index (χ4n) is 2.57. The second-order valence-corrected chi connectivity index (χ2v) is 5.58. The lowest BCUT2D eigenvalue weighted by atomic mass is 9.92. The maximum absolute atomic E-state index is 13.4. The first kappa shape index (κ1) is 14.6. The number of hydrogen-bond donors (Lipinski definition) is 2. The van der Waals surface area contributed by atoms with Crippen LogP contribution in [0.2, 0.25) is 5.02 Å². The molecule has 1 aliphatic rings. The zero-order valence-electron chi connectivity index (χ0n) is 11.7. The second-order valence-electron chi connectivity index (χ2n) is 5.18. The van der Waals surface area contributed by atoms with Crippen LogP contribution in [0.25, 0.3) is 11.5 Å². The zero-order chi connectivity index (χ0) is 15.9. The number of fused-ring (bicyclic) bond motifs is 1. The molecule has 1 aliphatic heterocycles. The molecule has 0 bridgehead atoms. The molecule has 0 aromatic heterocycles. The van der Waals surface area contributed by atoms with Gasteiger partial charge >= 0.3 is 0 Å². The molecule has 1 atom stereocenters. The third kappa shape index (κ3) is 2.35. The molecule has 0 spiro atoms. The minimum atomic E-state index is -0.715. The first-order chi connectivity index (χ1) is 10.5. The molecule has 1 heterocycles. The maximum atomic E-state index is 13.4. The molecular weight excluding hydrogens is 305 g/mol. The van der Waals surface area contributed by atoms with Crippen molar-refractivity contribution in [3.8, 4) is 0 Å². The van der Waals surface area contributed by atoms with Gasteiger partial charge in [-0.05, 0) is 48.4 Å². The lowest BCUT2D eigenvalue weighted by Gasteiger charge is -2.27. The monoisotopic (exact) mass is 317 g/mol. The Bertz CT molecular complexity index is 801.